The highest BCUT2D eigenvalue weighted by atomic mass is 127. The topological polar surface area (TPSA) is 83.0 Å². The standard InChI is InChI=1S/C21H36N4O3S.HI/c1-4-5-6-9-18(2)24-21(22-3)23-16-19-10-7-8-11-20(19)17-29(26,27)25-12-14-28-15-13-25;/h7-8,10-11,18H,4-6,9,12-17H2,1-3H3,(H2,22,23,24);1H. The van der Waals surface area contributed by atoms with E-state index >= 15 is 0 Å². The molecule has 1 atom stereocenters. The van der Waals surface area contributed by atoms with Crippen molar-refractivity contribution in [2.75, 3.05) is 33.4 Å². The first-order valence-electron chi connectivity index (χ1n) is 10.6. The van der Waals surface area contributed by atoms with Crippen molar-refractivity contribution >= 4 is 40.0 Å². The highest BCUT2D eigenvalue weighted by Gasteiger charge is 2.25. The minimum Gasteiger partial charge on any atom is -0.379 e. The zero-order chi connectivity index (χ0) is 21.1. The molecule has 0 aromatic heterocycles. The highest BCUT2D eigenvalue weighted by molar-refractivity contribution is 14.0. The molecule has 9 heteroatoms. The smallest absolute Gasteiger partial charge is 0.218 e. The number of hydrogen-bond acceptors (Lipinski definition) is 4. The number of unbranched alkanes of at least 4 members (excludes halogenated alkanes) is 2. The quantitative estimate of drug-likeness (QED) is 0.202. The summed E-state index contributed by atoms with van der Waals surface area (Å²) in [5.74, 6) is 0.740. The fourth-order valence-electron chi connectivity index (χ4n) is 3.36. The molecule has 1 heterocycles. The lowest BCUT2D eigenvalue weighted by Gasteiger charge is -2.26. The molecule has 1 unspecified atom stereocenters. The molecule has 0 bridgehead atoms. The summed E-state index contributed by atoms with van der Waals surface area (Å²) in [5.41, 5.74) is 1.78. The summed E-state index contributed by atoms with van der Waals surface area (Å²) in [7, 11) is -1.60. The van der Waals surface area contributed by atoms with Gasteiger partial charge in [-0.3, -0.25) is 4.99 Å². The van der Waals surface area contributed by atoms with Gasteiger partial charge in [-0.1, -0.05) is 50.5 Å². The van der Waals surface area contributed by atoms with Gasteiger partial charge in [-0.05, 0) is 24.5 Å². The molecule has 2 rings (SSSR count). The summed E-state index contributed by atoms with van der Waals surface area (Å²) in [5, 5.41) is 6.74. The van der Waals surface area contributed by atoms with Crippen LogP contribution in [0.1, 0.15) is 50.7 Å². The predicted molar refractivity (Wildman–Crippen MR) is 134 cm³/mol. The Morgan fingerprint density at radius 3 is 2.50 bits per heavy atom. The number of halogens is 1. The second-order valence-electron chi connectivity index (χ2n) is 7.50. The molecule has 0 radical (unpaired) electrons. The Morgan fingerprint density at radius 2 is 1.87 bits per heavy atom. The zero-order valence-electron chi connectivity index (χ0n) is 18.4. The van der Waals surface area contributed by atoms with Gasteiger partial charge in [0, 0.05) is 32.7 Å². The number of rotatable bonds is 10. The minimum atomic E-state index is -3.36. The van der Waals surface area contributed by atoms with E-state index in [-0.39, 0.29) is 29.7 Å². The van der Waals surface area contributed by atoms with Crippen molar-refractivity contribution in [3.63, 3.8) is 0 Å². The number of hydrogen-bond donors (Lipinski definition) is 2. The van der Waals surface area contributed by atoms with Gasteiger partial charge in [0.25, 0.3) is 0 Å². The first-order chi connectivity index (χ1) is 14.0. The van der Waals surface area contributed by atoms with E-state index in [1.54, 1.807) is 7.05 Å². The first kappa shape index (κ1) is 27.1. The van der Waals surface area contributed by atoms with Gasteiger partial charge in [-0.15, -0.1) is 24.0 Å². The number of sulfonamides is 1. The van der Waals surface area contributed by atoms with Crippen LogP contribution < -0.4 is 10.6 Å². The third-order valence-corrected chi connectivity index (χ3v) is 6.94. The van der Waals surface area contributed by atoms with Crippen molar-refractivity contribution in [3.8, 4) is 0 Å². The molecule has 1 aromatic carbocycles. The van der Waals surface area contributed by atoms with Gasteiger partial charge in [0.1, 0.15) is 0 Å². The van der Waals surface area contributed by atoms with Gasteiger partial charge in [0.2, 0.25) is 10.0 Å². The fraction of sp³-hybridized carbons (Fsp3) is 0.667. The van der Waals surface area contributed by atoms with Crippen molar-refractivity contribution in [2.45, 2.75) is 57.9 Å². The van der Waals surface area contributed by atoms with Crippen LogP contribution in [0.4, 0.5) is 0 Å². The molecule has 1 fully saturated rings. The third-order valence-electron chi connectivity index (χ3n) is 5.11. The van der Waals surface area contributed by atoms with Crippen molar-refractivity contribution in [1.82, 2.24) is 14.9 Å². The Labute approximate surface area is 199 Å². The Morgan fingerprint density at radius 1 is 1.20 bits per heavy atom. The van der Waals surface area contributed by atoms with E-state index in [0.29, 0.717) is 38.9 Å². The summed E-state index contributed by atoms with van der Waals surface area (Å²) in [6.07, 6.45) is 4.75. The molecule has 1 aromatic rings. The van der Waals surface area contributed by atoms with Crippen LogP contribution in [-0.4, -0.2) is 58.1 Å². The van der Waals surface area contributed by atoms with Crippen molar-refractivity contribution in [3.05, 3.63) is 35.4 Å². The predicted octanol–water partition coefficient (Wildman–Crippen LogP) is 3.10. The van der Waals surface area contributed by atoms with Crippen LogP contribution in [-0.2, 0) is 27.1 Å². The van der Waals surface area contributed by atoms with E-state index in [1.165, 1.54) is 23.6 Å². The number of guanidine groups is 1. The monoisotopic (exact) mass is 552 g/mol. The molecule has 1 aliphatic rings. The maximum absolute atomic E-state index is 12.8. The van der Waals surface area contributed by atoms with Crippen molar-refractivity contribution in [1.29, 1.82) is 0 Å². The van der Waals surface area contributed by atoms with Gasteiger partial charge in [-0.2, -0.15) is 4.31 Å². The van der Waals surface area contributed by atoms with Gasteiger partial charge < -0.3 is 15.4 Å². The summed E-state index contributed by atoms with van der Waals surface area (Å²) in [6.45, 7) is 6.66. The second-order valence-corrected chi connectivity index (χ2v) is 9.47. The number of ether oxygens (including phenoxy) is 1. The molecule has 0 saturated carbocycles. The summed E-state index contributed by atoms with van der Waals surface area (Å²) < 4.78 is 32.4. The van der Waals surface area contributed by atoms with Crippen LogP contribution in [0.3, 0.4) is 0 Å². The summed E-state index contributed by atoms with van der Waals surface area (Å²) >= 11 is 0. The van der Waals surface area contributed by atoms with E-state index in [1.807, 2.05) is 24.3 Å². The van der Waals surface area contributed by atoms with Gasteiger partial charge >= 0.3 is 0 Å². The Balaban J connectivity index is 0.00000450. The van der Waals surface area contributed by atoms with Crippen LogP contribution >= 0.6 is 24.0 Å². The van der Waals surface area contributed by atoms with Crippen LogP contribution in [0.2, 0.25) is 0 Å². The number of morpholine rings is 1. The van der Waals surface area contributed by atoms with E-state index in [9.17, 15) is 8.42 Å². The molecular formula is C21H37IN4O3S. The lowest BCUT2D eigenvalue weighted by atomic mass is 10.1. The van der Waals surface area contributed by atoms with Crippen LogP contribution in [0, 0.1) is 0 Å². The second kappa shape index (κ2) is 14.2. The average Bonchev–Trinajstić information content (AvgIpc) is 2.72. The molecule has 2 N–H and O–H groups in total. The molecule has 30 heavy (non-hydrogen) atoms. The maximum Gasteiger partial charge on any atom is 0.218 e. The molecule has 7 nitrogen and oxygen atoms in total. The van der Waals surface area contributed by atoms with E-state index in [2.05, 4.69) is 29.5 Å². The van der Waals surface area contributed by atoms with Crippen LogP contribution in [0.15, 0.2) is 29.3 Å². The lowest BCUT2D eigenvalue weighted by Crippen LogP contribution is -2.42. The molecule has 0 amide bonds. The van der Waals surface area contributed by atoms with Gasteiger partial charge in [-0.25, -0.2) is 8.42 Å². The number of nitrogens with one attached hydrogen (secondary N) is 2. The molecule has 1 aliphatic heterocycles. The fourth-order valence-corrected chi connectivity index (χ4v) is 4.93. The van der Waals surface area contributed by atoms with E-state index < -0.39 is 10.0 Å². The average molecular weight is 553 g/mol. The summed E-state index contributed by atoms with van der Waals surface area (Å²) in [4.78, 5) is 4.30. The first-order valence-corrected chi connectivity index (χ1v) is 12.2. The lowest BCUT2D eigenvalue weighted by molar-refractivity contribution is 0.0729. The number of nitrogens with zero attached hydrogens (tertiary/aromatic N) is 2. The third kappa shape index (κ3) is 9.07. The Hall–Kier alpha value is -0.910. The van der Waals surface area contributed by atoms with Crippen molar-refractivity contribution < 1.29 is 13.2 Å². The van der Waals surface area contributed by atoms with E-state index in [4.69, 9.17) is 4.74 Å². The van der Waals surface area contributed by atoms with E-state index in [0.717, 1.165) is 23.5 Å². The van der Waals surface area contributed by atoms with Crippen molar-refractivity contribution in [2.24, 2.45) is 4.99 Å². The van der Waals surface area contributed by atoms with Crippen LogP contribution in [0.5, 0.6) is 0 Å². The maximum atomic E-state index is 12.8. The normalized spacial score (nSPS) is 16.6. The molecule has 172 valence electrons. The van der Waals surface area contributed by atoms with Gasteiger partial charge in [0.15, 0.2) is 5.96 Å². The molecule has 0 aliphatic carbocycles. The zero-order valence-corrected chi connectivity index (χ0v) is 21.5. The van der Waals surface area contributed by atoms with Gasteiger partial charge in [0.05, 0.1) is 19.0 Å². The Bertz CT molecular complexity index is 752. The number of benzene rings is 1. The SMILES string of the molecule is CCCCCC(C)NC(=NC)NCc1ccccc1CS(=O)(=O)N1CCOCC1.I. The molecular weight excluding hydrogens is 515 g/mol. The molecule has 0 spiro atoms. The minimum absolute atomic E-state index is 0. The summed E-state index contributed by atoms with van der Waals surface area (Å²) in [6, 6.07) is 8.01. The highest BCUT2D eigenvalue weighted by Crippen LogP contribution is 2.16. The Kier molecular flexibility index (Phi) is 12.8. The number of aliphatic imine (C=N–C) groups is 1. The largest absolute Gasteiger partial charge is 0.379 e. The molecule has 1 saturated heterocycles. The van der Waals surface area contributed by atoms with Crippen LogP contribution in [0.25, 0.3) is 0 Å².